The molecule has 0 spiro atoms. The van der Waals surface area contributed by atoms with Crippen LogP contribution in [0.2, 0.25) is 5.02 Å². The second kappa shape index (κ2) is 5.67. The summed E-state index contributed by atoms with van der Waals surface area (Å²) in [6.45, 7) is 1.53. The van der Waals surface area contributed by atoms with E-state index in [-0.39, 0.29) is 4.90 Å². The zero-order valence-corrected chi connectivity index (χ0v) is 11.4. The number of halogens is 1. The van der Waals surface area contributed by atoms with Crippen molar-refractivity contribution >= 4 is 21.6 Å². The molecule has 98 valence electrons. The van der Waals surface area contributed by atoms with Crippen LogP contribution >= 0.6 is 11.6 Å². The largest absolute Gasteiger partial charge is 0.301 e. The van der Waals surface area contributed by atoms with Crippen molar-refractivity contribution < 1.29 is 8.42 Å². The number of piperidine rings is 1. The summed E-state index contributed by atoms with van der Waals surface area (Å²) in [5.41, 5.74) is 0. The molecule has 0 N–H and O–H groups in total. The third-order valence-corrected chi connectivity index (χ3v) is 4.12. The topological polar surface area (TPSA) is 62.1 Å². The summed E-state index contributed by atoms with van der Waals surface area (Å²) in [5, 5.41) is 5.97. The molecule has 0 unspecified atom stereocenters. The van der Waals surface area contributed by atoms with Gasteiger partial charge in [-0.3, -0.25) is 5.01 Å². The van der Waals surface area contributed by atoms with Crippen molar-refractivity contribution in [3.8, 4) is 0 Å². The molecule has 18 heavy (non-hydrogen) atoms. The molecular formula is C11H14ClN3O2S. The normalized spacial score (nSPS) is 17.3. The van der Waals surface area contributed by atoms with Gasteiger partial charge < -0.3 is 0 Å². The number of hydrogen-bond donors (Lipinski definition) is 0. The van der Waals surface area contributed by atoms with Gasteiger partial charge in [-0.2, -0.15) is 8.42 Å². The van der Waals surface area contributed by atoms with Crippen LogP contribution in [0.4, 0.5) is 0 Å². The lowest BCUT2D eigenvalue weighted by molar-refractivity contribution is 0.226. The van der Waals surface area contributed by atoms with Crippen molar-refractivity contribution in [1.82, 2.24) is 5.01 Å². The Labute approximate surface area is 111 Å². The summed E-state index contributed by atoms with van der Waals surface area (Å²) < 4.78 is 27.2. The summed E-state index contributed by atoms with van der Waals surface area (Å²) in [5.74, 6) is 0. The standard InChI is InChI=1S/C11H14ClN3O2S/c12-10-4-6-11(7-5-10)18(16,17)14-13-15-8-2-1-3-9-15/h4-7H,1-3,8-9H2/b14-13+. The summed E-state index contributed by atoms with van der Waals surface area (Å²) in [6, 6.07) is 5.88. The first-order valence-corrected chi connectivity index (χ1v) is 7.58. The van der Waals surface area contributed by atoms with E-state index < -0.39 is 10.0 Å². The maximum Gasteiger partial charge on any atom is 0.301 e. The molecule has 1 aliphatic rings. The smallest absolute Gasteiger partial charge is 0.278 e. The minimum Gasteiger partial charge on any atom is -0.278 e. The average Bonchev–Trinajstić information content (AvgIpc) is 2.38. The van der Waals surface area contributed by atoms with E-state index in [1.165, 1.54) is 24.3 Å². The zero-order valence-electron chi connectivity index (χ0n) is 9.79. The molecule has 1 aliphatic heterocycles. The predicted octanol–water partition coefficient (Wildman–Crippen LogP) is 2.88. The van der Waals surface area contributed by atoms with E-state index in [0.717, 1.165) is 32.4 Å². The summed E-state index contributed by atoms with van der Waals surface area (Å²) in [7, 11) is -3.72. The Morgan fingerprint density at radius 1 is 1.06 bits per heavy atom. The number of rotatable bonds is 3. The van der Waals surface area contributed by atoms with E-state index in [4.69, 9.17) is 11.6 Å². The lowest BCUT2D eigenvalue weighted by Crippen LogP contribution is -2.24. The fourth-order valence-electron chi connectivity index (χ4n) is 1.72. The fraction of sp³-hybridized carbons (Fsp3) is 0.455. The minimum atomic E-state index is -3.72. The summed E-state index contributed by atoms with van der Waals surface area (Å²) in [6.07, 6.45) is 3.22. The highest BCUT2D eigenvalue weighted by atomic mass is 35.5. The van der Waals surface area contributed by atoms with Crippen LogP contribution in [-0.4, -0.2) is 26.5 Å². The lowest BCUT2D eigenvalue weighted by atomic mass is 10.2. The minimum absolute atomic E-state index is 0.104. The third kappa shape index (κ3) is 3.43. The van der Waals surface area contributed by atoms with E-state index in [1.807, 2.05) is 0 Å². The molecule has 2 rings (SSSR count). The van der Waals surface area contributed by atoms with Gasteiger partial charge in [0, 0.05) is 18.1 Å². The van der Waals surface area contributed by atoms with Gasteiger partial charge in [-0.05, 0) is 48.0 Å². The van der Waals surface area contributed by atoms with Crippen molar-refractivity contribution in [2.75, 3.05) is 13.1 Å². The van der Waals surface area contributed by atoms with Gasteiger partial charge in [0.1, 0.15) is 0 Å². The molecule has 0 saturated carbocycles. The van der Waals surface area contributed by atoms with Crippen molar-refractivity contribution in [3.05, 3.63) is 29.3 Å². The first kappa shape index (κ1) is 13.3. The van der Waals surface area contributed by atoms with E-state index in [2.05, 4.69) is 9.74 Å². The van der Waals surface area contributed by atoms with Gasteiger partial charge in [0.15, 0.2) is 0 Å². The lowest BCUT2D eigenvalue weighted by Gasteiger charge is -2.21. The molecule has 1 aromatic carbocycles. The maximum absolute atomic E-state index is 11.9. The average molecular weight is 288 g/mol. The first-order valence-electron chi connectivity index (χ1n) is 5.76. The van der Waals surface area contributed by atoms with Crippen LogP contribution in [0, 0.1) is 0 Å². The SMILES string of the molecule is O=S(=O)(/N=N/N1CCCCC1)c1ccc(Cl)cc1. The van der Waals surface area contributed by atoms with Crippen LogP contribution in [0.3, 0.4) is 0 Å². The summed E-state index contributed by atoms with van der Waals surface area (Å²) in [4.78, 5) is 0.104. The molecule has 1 fully saturated rings. The molecule has 1 heterocycles. The van der Waals surface area contributed by atoms with Crippen molar-refractivity contribution in [2.24, 2.45) is 9.74 Å². The van der Waals surface area contributed by atoms with E-state index in [1.54, 1.807) is 5.01 Å². The van der Waals surface area contributed by atoms with Gasteiger partial charge in [-0.15, -0.1) is 0 Å². The van der Waals surface area contributed by atoms with E-state index in [9.17, 15) is 8.42 Å². The number of sulfonamides is 1. The Morgan fingerprint density at radius 3 is 2.28 bits per heavy atom. The van der Waals surface area contributed by atoms with Crippen molar-refractivity contribution in [3.63, 3.8) is 0 Å². The zero-order chi connectivity index (χ0) is 13.0. The molecule has 1 aromatic rings. The van der Waals surface area contributed by atoms with E-state index >= 15 is 0 Å². The van der Waals surface area contributed by atoms with Crippen molar-refractivity contribution in [1.29, 1.82) is 0 Å². The monoisotopic (exact) mass is 287 g/mol. The Hall–Kier alpha value is -1.14. The van der Waals surface area contributed by atoms with Crippen LogP contribution < -0.4 is 0 Å². The molecule has 0 atom stereocenters. The van der Waals surface area contributed by atoms with Gasteiger partial charge in [0.25, 0.3) is 0 Å². The van der Waals surface area contributed by atoms with Crippen LogP contribution in [-0.2, 0) is 10.0 Å². The molecular weight excluding hydrogens is 274 g/mol. The van der Waals surface area contributed by atoms with Crippen LogP contribution in [0.5, 0.6) is 0 Å². The molecule has 0 radical (unpaired) electrons. The molecule has 0 bridgehead atoms. The Morgan fingerprint density at radius 2 is 1.67 bits per heavy atom. The second-order valence-electron chi connectivity index (χ2n) is 4.11. The first-order chi connectivity index (χ1) is 8.58. The van der Waals surface area contributed by atoms with Gasteiger partial charge in [-0.25, -0.2) is 0 Å². The third-order valence-electron chi connectivity index (χ3n) is 2.71. The number of benzene rings is 1. The maximum atomic E-state index is 11.9. The molecule has 0 aliphatic carbocycles. The van der Waals surface area contributed by atoms with Gasteiger partial charge in [-0.1, -0.05) is 16.8 Å². The van der Waals surface area contributed by atoms with Crippen molar-refractivity contribution in [2.45, 2.75) is 24.2 Å². The van der Waals surface area contributed by atoms with Crippen LogP contribution in [0.15, 0.2) is 38.9 Å². The number of nitrogens with zero attached hydrogens (tertiary/aromatic N) is 3. The molecule has 5 nitrogen and oxygen atoms in total. The number of hydrogen-bond acceptors (Lipinski definition) is 3. The van der Waals surface area contributed by atoms with E-state index in [0.29, 0.717) is 5.02 Å². The Bertz CT molecular complexity index is 522. The Kier molecular flexibility index (Phi) is 4.19. The van der Waals surface area contributed by atoms with Crippen LogP contribution in [0.25, 0.3) is 0 Å². The summed E-state index contributed by atoms with van der Waals surface area (Å²) >= 11 is 5.70. The van der Waals surface area contributed by atoms with Crippen LogP contribution in [0.1, 0.15) is 19.3 Å². The highest BCUT2D eigenvalue weighted by molar-refractivity contribution is 7.90. The highest BCUT2D eigenvalue weighted by Crippen LogP contribution is 2.17. The second-order valence-corrected chi connectivity index (χ2v) is 6.14. The fourth-order valence-corrected chi connectivity index (χ4v) is 2.62. The molecule has 1 saturated heterocycles. The van der Waals surface area contributed by atoms with Gasteiger partial charge in [0.2, 0.25) is 0 Å². The van der Waals surface area contributed by atoms with Gasteiger partial charge in [0.05, 0.1) is 4.90 Å². The Balaban J connectivity index is 2.11. The van der Waals surface area contributed by atoms with Gasteiger partial charge >= 0.3 is 10.0 Å². The molecule has 0 amide bonds. The molecule has 7 heteroatoms. The predicted molar refractivity (Wildman–Crippen MR) is 68.9 cm³/mol. The highest BCUT2D eigenvalue weighted by Gasteiger charge is 2.14. The quantitative estimate of drug-likeness (QED) is 0.803. The molecule has 0 aromatic heterocycles.